The van der Waals surface area contributed by atoms with Gasteiger partial charge in [0, 0.05) is 16.9 Å². The number of carbonyl (C=O) groups is 1. The lowest BCUT2D eigenvalue weighted by Crippen LogP contribution is -2.17. The highest BCUT2D eigenvalue weighted by Gasteiger charge is 2.18. The van der Waals surface area contributed by atoms with E-state index in [9.17, 15) is 9.90 Å². The van der Waals surface area contributed by atoms with Crippen molar-refractivity contribution in [3.05, 3.63) is 53.1 Å². The van der Waals surface area contributed by atoms with Crippen LogP contribution in [0.4, 0.5) is 0 Å². The Morgan fingerprint density at radius 2 is 2.20 bits per heavy atom. The molecule has 2 aromatic rings. The maximum Gasteiger partial charge on any atom is 0.306 e. The van der Waals surface area contributed by atoms with E-state index in [-0.39, 0.29) is 0 Å². The number of carboxylic acid groups (broad SMARTS) is 1. The van der Waals surface area contributed by atoms with Crippen LogP contribution < -0.4 is 0 Å². The van der Waals surface area contributed by atoms with Gasteiger partial charge in [0.2, 0.25) is 0 Å². The van der Waals surface area contributed by atoms with Crippen LogP contribution >= 0.6 is 11.6 Å². The van der Waals surface area contributed by atoms with Crippen molar-refractivity contribution in [1.82, 2.24) is 9.97 Å². The van der Waals surface area contributed by atoms with Crippen molar-refractivity contribution in [2.75, 3.05) is 0 Å². The third-order valence-electron chi connectivity index (χ3n) is 3.33. The van der Waals surface area contributed by atoms with E-state index in [1.165, 1.54) is 0 Å². The van der Waals surface area contributed by atoms with Gasteiger partial charge in [-0.15, -0.1) is 0 Å². The Morgan fingerprint density at radius 1 is 1.40 bits per heavy atom. The molecule has 0 bridgehead atoms. The van der Waals surface area contributed by atoms with Gasteiger partial charge in [-0.3, -0.25) is 4.79 Å². The SMILES string of the molecule is O=C(O)C(CCCc1cnc[nH]1)Cc1ccccc1Cl. The highest BCUT2D eigenvalue weighted by molar-refractivity contribution is 6.31. The standard InChI is InChI=1S/C15H17ClN2O2/c16-14-7-2-1-4-11(14)8-12(15(19)20)5-3-6-13-9-17-10-18-13/h1-2,4,7,9-10,12H,3,5-6,8H2,(H,17,18)(H,19,20). The van der Waals surface area contributed by atoms with Crippen molar-refractivity contribution in [3.63, 3.8) is 0 Å². The predicted molar refractivity (Wildman–Crippen MR) is 77.8 cm³/mol. The third-order valence-corrected chi connectivity index (χ3v) is 3.70. The molecule has 1 aromatic carbocycles. The van der Waals surface area contributed by atoms with E-state index in [4.69, 9.17) is 11.6 Å². The molecule has 2 N–H and O–H groups in total. The topological polar surface area (TPSA) is 66.0 Å². The van der Waals surface area contributed by atoms with E-state index < -0.39 is 11.9 Å². The molecule has 0 fully saturated rings. The fourth-order valence-corrected chi connectivity index (χ4v) is 2.42. The van der Waals surface area contributed by atoms with Crippen LogP contribution in [0.1, 0.15) is 24.1 Å². The number of aromatic nitrogens is 2. The van der Waals surface area contributed by atoms with Gasteiger partial charge in [0.05, 0.1) is 12.2 Å². The molecule has 0 saturated heterocycles. The van der Waals surface area contributed by atoms with Gasteiger partial charge in [0.25, 0.3) is 0 Å². The fourth-order valence-electron chi connectivity index (χ4n) is 2.20. The van der Waals surface area contributed by atoms with Gasteiger partial charge in [0.15, 0.2) is 0 Å². The van der Waals surface area contributed by atoms with Crippen LogP contribution in [0.25, 0.3) is 0 Å². The van der Waals surface area contributed by atoms with Crippen LogP contribution in [-0.2, 0) is 17.6 Å². The summed E-state index contributed by atoms with van der Waals surface area (Å²) in [6.45, 7) is 0. The number of halogens is 1. The Morgan fingerprint density at radius 3 is 2.85 bits per heavy atom. The maximum absolute atomic E-state index is 11.3. The summed E-state index contributed by atoms with van der Waals surface area (Å²) in [6.07, 6.45) is 6.12. The Hall–Kier alpha value is -1.81. The summed E-state index contributed by atoms with van der Waals surface area (Å²) in [6, 6.07) is 7.40. The molecule has 0 aliphatic rings. The number of rotatable bonds is 7. The third kappa shape index (κ3) is 4.10. The number of nitrogens with one attached hydrogen (secondary N) is 1. The molecular weight excluding hydrogens is 276 g/mol. The second kappa shape index (κ2) is 7.10. The summed E-state index contributed by atoms with van der Waals surface area (Å²) < 4.78 is 0. The van der Waals surface area contributed by atoms with Crippen molar-refractivity contribution in [1.29, 1.82) is 0 Å². The molecule has 2 rings (SSSR count). The van der Waals surface area contributed by atoms with E-state index >= 15 is 0 Å². The number of H-pyrrole nitrogens is 1. The molecule has 1 unspecified atom stereocenters. The zero-order valence-electron chi connectivity index (χ0n) is 11.1. The minimum atomic E-state index is -0.769. The summed E-state index contributed by atoms with van der Waals surface area (Å²) in [5.41, 5.74) is 1.93. The summed E-state index contributed by atoms with van der Waals surface area (Å²) in [7, 11) is 0. The first-order valence-corrected chi connectivity index (χ1v) is 6.98. The summed E-state index contributed by atoms with van der Waals surface area (Å²) in [4.78, 5) is 18.3. The first kappa shape index (κ1) is 14.6. The first-order chi connectivity index (χ1) is 9.66. The lowest BCUT2D eigenvalue weighted by Gasteiger charge is -2.13. The predicted octanol–water partition coefficient (Wildman–Crippen LogP) is 3.33. The second-order valence-corrected chi connectivity index (χ2v) is 5.21. The maximum atomic E-state index is 11.3. The highest BCUT2D eigenvalue weighted by Crippen LogP contribution is 2.22. The van der Waals surface area contributed by atoms with E-state index in [0.29, 0.717) is 17.9 Å². The van der Waals surface area contributed by atoms with Crippen molar-refractivity contribution in [2.24, 2.45) is 5.92 Å². The molecule has 0 radical (unpaired) electrons. The second-order valence-electron chi connectivity index (χ2n) is 4.80. The molecule has 0 aliphatic heterocycles. The molecule has 1 heterocycles. The average molecular weight is 293 g/mol. The van der Waals surface area contributed by atoms with Gasteiger partial charge in [-0.25, -0.2) is 4.98 Å². The van der Waals surface area contributed by atoms with Crippen LogP contribution in [0.15, 0.2) is 36.8 Å². The number of carboxylic acids is 1. The number of imidazole rings is 1. The Kier molecular flexibility index (Phi) is 5.18. The Labute approximate surface area is 122 Å². The Bertz CT molecular complexity index is 555. The zero-order chi connectivity index (χ0) is 14.4. The monoisotopic (exact) mass is 292 g/mol. The van der Waals surface area contributed by atoms with Gasteiger partial charge in [-0.2, -0.15) is 0 Å². The summed E-state index contributed by atoms with van der Waals surface area (Å²) >= 11 is 6.08. The molecule has 5 heteroatoms. The van der Waals surface area contributed by atoms with E-state index in [1.807, 2.05) is 18.2 Å². The largest absolute Gasteiger partial charge is 0.481 e. The van der Waals surface area contributed by atoms with Gasteiger partial charge >= 0.3 is 5.97 Å². The number of hydrogen-bond donors (Lipinski definition) is 2. The normalized spacial score (nSPS) is 12.2. The molecule has 0 amide bonds. The van der Waals surface area contributed by atoms with Gasteiger partial charge in [-0.05, 0) is 37.3 Å². The Balaban J connectivity index is 1.90. The summed E-state index contributed by atoms with van der Waals surface area (Å²) in [5.74, 6) is -1.17. The quantitative estimate of drug-likeness (QED) is 0.822. The molecule has 0 saturated carbocycles. The molecule has 4 nitrogen and oxygen atoms in total. The van der Waals surface area contributed by atoms with Gasteiger partial charge in [0.1, 0.15) is 0 Å². The smallest absolute Gasteiger partial charge is 0.306 e. The van der Waals surface area contributed by atoms with Crippen LogP contribution in [0.5, 0.6) is 0 Å². The molecule has 20 heavy (non-hydrogen) atoms. The van der Waals surface area contributed by atoms with Crippen LogP contribution in [-0.4, -0.2) is 21.0 Å². The summed E-state index contributed by atoms with van der Waals surface area (Å²) in [5, 5.41) is 9.95. The minimum Gasteiger partial charge on any atom is -0.481 e. The molecule has 0 aliphatic carbocycles. The van der Waals surface area contributed by atoms with Crippen LogP contribution in [0.3, 0.4) is 0 Å². The van der Waals surface area contributed by atoms with E-state index in [0.717, 1.165) is 24.1 Å². The number of aliphatic carboxylic acids is 1. The zero-order valence-corrected chi connectivity index (χ0v) is 11.8. The molecule has 0 spiro atoms. The van der Waals surface area contributed by atoms with Crippen molar-refractivity contribution in [3.8, 4) is 0 Å². The van der Waals surface area contributed by atoms with E-state index in [1.54, 1.807) is 18.6 Å². The van der Waals surface area contributed by atoms with E-state index in [2.05, 4.69) is 9.97 Å². The molecule has 106 valence electrons. The lowest BCUT2D eigenvalue weighted by atomic mass is 9.94. The number of aryl methyl sites for hydroxylation is 1. The minimum absolute atomic E-state index is 0.405. The van der Waals surface area contributed by atoms with Gasteiger partial charge < -0.3 is 10.1 Å². The average Bonchev–Trinajstić information content (AvgIpc) is 2.93. The van der Waals surface area contributed by atoms with Crippen molar-refractivity contribution < 1.29 is 9.90 Å². The first-order valence-electron chi connectivity index (χ1n) is 6.60. The highest BCUT2D eigenvalue weighted by atomic mass is 35.5. The molecule has 1 aromatic heterocycles. The fraction of sp³-hybridized carbons (Fsp3) is 0.333. The van der Waals surface area contributed by atoms with Crippen LogP contribution in [0.2, 0.25) is 5.02 Å². The number of aromatic amines is 1. The van der Waals surface area contributed by atoms with Gasteiger partial charge in [-0.1, -0.05) is 29.8 Å². The van der Waals surface area contributed by atoms with Crippen LogP contribution in [0, 0.1) is 5.92 Å². The number of benzene rings is 1. The molecular formula is C15H17ClN2O2. The lowest BCUT2D eigenvalue weighted by molar-refractivity contribution is -0.141. The van der Waals surface area contributed by atoms with Crippen molar-refractivity contribution in [2.45, 2.75) is 25.7 Å². The van der Waals surface area contributed by atoms with Crippen molar-refractivity contribution >= 4 is 17.6 Å². The number of nitrogens with zero attached hydrogens (tertiary/aromatic N) is 1. The molecule has 1 atom stereocenters. The number of hydrogen-bond acceptors (Lipinski definition) is 2.